The van der Waals surface area contributed by atoms with E-state index < -0.39 is 0 Å². The maximum Gasteiger partial charge on any atom is 0.113 e. The summed E-state index contributed by atoms with van der Waals surface area (Å²) in [5.74, 6) is 0. The van der Waals surface area contributed by atoms with Crippen molar-refractivity contribution in [1.82, 2.24) is 15.0 Å². The SMILES string of the molecule is NCc1cccc(Cl)c1-n1nnc2ccccc21. The van der Waals surface area contributed by atoms with Crippen molar-refractivity contribution in [2.75, 3.05) is 0 Å². The maximum atomic E-state index is 6.26. The molecule has 2 aromatic carbocycles. The van der Waals surface area contributed by atoms with Crippen LogP contribution in [0.5, 0.6) is 0 Å². The molecular formula is C13H11ClN4. The van der Waals surface area contributed by atoms with Crippen molar-refractivity contribution in [3.8, 4) is 5.69 Å². The Hall–Kier alpha value is -1.91. The molecule has 3 aromatic rings. The fourth-order valence-corrected chi connectivity index (χ4v) is 2.27. The summed E-state index contributed by atoms with van der Waals surface area (Å²) < 4.78 is 1.74. The van der Waals surface area contributed by atoms with Gasteiger partial charge in [-0.3, -0.25) is 0 Å². The smallest absolute Gasteiger partial charge is 0.113 e. The fourth-order valence-electron chi connectivity index (χ4n) is 2.00. The Bertz CT molecular complexity index is 705. The number of benzene rings is 2. The Balaban J connectivity index is 2.33. The van der Waals surface area contributed by atoms with E-state index in [0.717, 1.165) is 22.3 Å². The van der Waals surface area contributed by atoms with Gasteiger partial charge < -0.3 is 5.73 Å². The molecule has 0 aliphatic carbocycles. The normalized spacial score (nSPS) is 11.0. The molecule has 0 unspecified atom stereocenters. The summed E-state index contributed by atoms with van der Waals surface area (Å²) >= 11 is 6.26. The van der Waals surface area contributed by atoms with Crippen LogP contribution in [0.25, 0.3) is 16.7 Å². The van der Waals surface area contributed by atoms with Crippen molar-refractivity contribution in [3.05, 3.63) is 53.1 Å². The van der Waals surface area contributed by atoms with Gasteiger partial charge in [0.2, 0.25) is 0 Å². The summed E-state index contributed by atoms with van der Waals surface area (Å²) in [6.07, 6.45) is 0. The van der Waals surface area contributed by atoms with Crippen LogP contribution in [0.3, 0.4) is 0 Å². The zero-order valence-corrected chi connectivity index (χ0v) is 10.3. The monoisotopic (exact) mass is 258 g/mol. The van der Waals surface area contributed by atoms with Gasteiger partial charge in [0, 0.05) is 6.54 Å². The van der Waals surface area contributed by atoms with E-state index >= 15 is 0 Å². The second-order valence-corrected chi connectivity index (χ2v) is 4.35. The Kier molecular flexibility index (Phi) is 2.74. The lowest BCUT2D eigenvalue weighted by Crippen LogP contribution is -2.06. The molecule has 90 valence electrons. The highest BCUT2D eigenvalue weighted by Crippen LogP contribution is 2.26. The number of nitrogens with two attached hydrogens (primary N) is 1. The van der Waals surface area contributed by atoms with Gasteiger partial charge in [-0.15, -0.1) is 5.10 Å². The highest BCUT2D eigenvalue weighted by molar-refractivity contribution is 6.32. The van der Waals surface area contributed by atoms with Gasteiger partial charge in [0.1, 0.15) is 5.52 Å². The molecule has 0 bridgehead atoms. The van der Waals surface area contributed by atoms with E-state index in [1.54, 1.807) is 4.68 Å². The summed E-state index contributed by atoms with van der Waals surface area (Å²) in [6, 6.07) is 13.4. The largest absolute Gasteiger partial charge is 0.326 e. The third-order valence-electron chi connectivity index (χ3n) is 2.85. The summed E-state index contributed by atoms with van der Waals surface area (Å²) in [6.45, 7) is 0.407. The molecule has 0 fully saturated rings. The Morgan fingerprint density at radius 1 is 1.11 bits per heavy atom. The molecule has 0 spiro atoms. The van der Waals surface area contributed by atoms with Crippen LogP contribution >= 0.6 is 11.6 Å². The van der Waals surface area contributed by atoms with Crippen LogP contribution in [-0.4, -0.2) is 15.0 Å². The van der Waals surface area contributed by atoms with Crippen LogP contribution in [-0.2, 0) is 6.54 Å². The third-order valence-corrected chi connectivity index (χ3v) is 3.16. The minimum absolute atomic E-state index is 0.407. The van der Waals surface area contributed by atoms with Crippen LogP contribution in [0, 0.1) is 0 Å². The van der Waals surface area contributed by atoms with Crippen LogP contribution in [0.4, 0.5) is 0 Å². The van der Waals surface area contributed by atoms with E-state index in [4.69, 9.17) is 17.3 Å². The first-order valence-electron chi connectivity index (χ1n) is 5.59. The molecule has 0 saturated carbocycles. The highest BCUT2D eigenvalue weighted by atomic mass is 35.5. The number of para-hydroxylation sites is 2. The zero-order valence-electron chi connectivity index (χ0n) is 9.55. The summed E-state index contributed by atoms with van der Waals surface area (Å²) in [4.78, 5) is 0. The predicted octanol–water partition coefficient (Wildman–Crippen LogP) is 2.53. The Morgan fingerprint density at radius 3 is 2.78 bits per heavy atom. The number of aromatic nitrogens is 3. The Morgan fingerprint density at radius 2 is 1.94 bits per heavy atom. The molecule has 0 saturated heterocycles. The fraction of sp³-hybridized carbons (Fsp3) is 0.0769. The number of hydrogen-bond acceptors (Lipinski definition) is 3. The van der Waals surface area contributed by atoms with Crippen LogP contribution in [0.2, 0.25) is 5.02 Å². The van der Waals surface area contributed by atoms with Crippen molar-refractivity contribution < 1.29 is 0 Å². The molecule has 3 rings (SSSR count). The van der Waals surface area contributed by atoms with E-state index in [0.29, 0.717) is 11.6 Å². The van der Waals surface area contributed by atoms with Gasteiger partial charge in [0.25, 0.3) is 0 Å². The van der Waals surface area contributed by atoms with Crippen LogP contribution < -0.4 is 5.73 Å². The minimum Gasteiger partial charge on any atom is -0.326 e. The molecule has 2 N–H and O–H groups in total. The third kappa shape index (κ3) is 1.66. The van der Waals surface area contributed by atoms with E-state index in [2.05, 4.69) is 10.3 Å². The lowest BCUT2D eigenvalue weighted by atomic mass is 10.1. The molecule has 4 nitrogen and oxygen atoms in total. The van der Waals surface area contributed by atoms with E-state index in [-0.39, 0.29) is 0 Å². The van der Waals surface area contributed by atoms with Crippen molar-refractivity contribution in [2.24, 2.45) is 5.73 Å². The molecule has 0 radical (unpaired) electrons. The standard InChI is InChI=1S/C13H11ClN4/c14-10-5-3-4-9(8-15)13(10)18-12-7-2-1-6-11(12)16-17-18/h1-7H,8,15H2. The molecule has 1 aromatic heterocycles. The van der Waals surface area contributed by atoms with Crippen LogP contribution in [0.15, 0.2) is 42.5 Å². The molecular weight excluding hydrogens is 248 g/mol. The quantitative estimate of drug-likeness (QED) is 0.768. The van der Waals surface area contributed by atoms with E-state index in [1.807, 2.05) is 42.5 Å². The lowest BCUT2D eigenvalue weighted by molar-refractivity contribution is 0.811. The van der Waals surface area contributed by atoms with Crippen molar-refractivity contribution in [3.63, 3.8) is 0 Å². The molecule has 0 amide bonds. The van der Waals surface area contributed by atoms with Gasteiger partial charge in [0.15, 0.2) is 0 Å². The van der Waals surface area contributed by atoms with E-state index in [1.165, 1.54) is 0 Å². The number of rotatable bonds is 2. The van der Waals surface area contributed by atoms with Crippen molar-refractivity contribution in [1.29, 1.82) is 0 Å². The predicted molar refractivity (Wildman–Crippen MR) is 71.8 cm³/mol. The molecule has 0 atom stereocenters. The number of fused-ring (bicyclic) bond motifs is 1. The van der Waals surface area contributed by atoms with Gasteiger partial charge in [-0.05, 0) is 23.8 Å². The van der Waals surface area contributed by atoms with Gasteiger partial charge in [0.05, 0.1) is 16.2 Å². The summed E-state index contributed by atoms with van der Waals surface area (Å²) in [7, 11) is 0. The molecule has 5 heteroatoms. The summed E-state index contributed by atoms with van der Waals surface area (Å²) in [5, 5.41) is 8.91. The topological polar surface area (TPSA) is 56.7 Å². The molecule has 0 aliphatic rings. The lowest BCUT2D eigenvalue weighted by Gasteiger charge is -2.09. The molecule has 1 heterocycles. The minimum atomic E-state index is 0.407. The number of halogens is 1. The van der Waals surface area contributed by atoms with Gasteiger partial charge >= 0.3 is 0 Å². The number of hydrogen-bond donors (Lipinski definition) is 1. The van der Waals surface area contributed by atoms with E-state index in [9.17, 15) is 0 Å². The van der Waals surface area contributed by atoms with Crippen molar-refractivity contribution >= 4 is 22.6 Å². The van der Waals surface area contributed by atoms with Gasteiger partial charge in [-0.1, -0.05) is 41.1 Å². The first kappa shape index (κ1) is 11.2. The molecule has 0 aliphatic heterocycles. The average Bonchev–Trinajstić information content (AvgIpc) is 2.82. The average molecular weight is 259 g/mol. The highest BCUT2D eigenvalue weighted by Gasteiger charge is 2.12. The first-order valence-corrected chi connectivity index (χ1v) is 5.97. The first-order chi connectivity index (χ1) is 8.81. The van der Waals surface area contributed by atoms with Gasteiger partial charge in [-0.25, -0.2) is 4.68 Å². The number of nitrogens with zero attached hydrogens (tertiary/aromatic N) is 3. The zero-order chi connectivity index (χ0) is 12.5. The maximum absolute atomic E-state index is 6.26. The van der Waals surface area contributed by atoms with Crippen LogP contribution in [0.1, 0.15) is 5.56 Å². The van der Waals surface area contributed by atoms with Crippen molar-refractivity contribution in [2.45, 2.75) is 6.54 Å². The second kappa shape index (κ2) is 4.40. The van der Waals surface area contributed by atoms with Gasteiger partial charge in [-0.2, -0.15) is 0 Å². The summed E-state index contributed by atoms with van der Waals surface area (Å²) in [5.41, 5.74) is 9.24. The Labute approximate surface area is 109 Å². The second-order valence-electron chi connectivity index (χ2n) is 3.94. The molecule has 18 heavy (non-hydrogen) atoms.